The van der Waals surface area contributed by atoms with Gasteiger partial charge in [-0.25, -0.2) is 0 Å². The van der Waals surface area contributed by atoms with Gasteiger partial charge in [0.15, 0.2) is 0 Å². The normalized spacial score (nSPS) is 33.2. The van der Waals surface area contributed by atoms with Crippen molar-refractivity contribution in [1.29, 1.82) is 0 Å². The Labute approximate surface area is 82.3 Å². The summed E-state index contributed by atoms with van der Waals surface area (Å²) in [4.78, 5) is 0. The van der Waals surface area contributed by atoms with E-state index >= 15 is 0 Å². The van der Waals surface area contributed by atoms with Crippen LogP contribution in [-0.4, -0.2) is 12.6 Å². The third kappa shape index (κ3) is 2.07. The van der Waals surface area contributed by atoms with Crippen LogP contribution in [0.5, 0.6) is 0 Å². The standard InChI is InChI=1S/C12H23N/c1-12(2)8-4-5-10(12)9-13-11-6-3-7-11/h10-11,13H,3-9H2,1-2H3. The maximum atomic E-state index is 3.72. The van der Waals surface area contributed by atoms with Gasteiger partial charge in [-0.15, -0.1) is 0 Å². The molecule has 0 amide bonds. The summed E-state index contributed by atoms with van der Waals surface area (Å²) in [5, 5.41) is 3.72. The molecule has 0 bridgehead atoms. The van der Waals surface area contributed by atoms with Crippen LogP contribution in [0.3, 0.4) is 0 Å². The monoisotopic (exact) mass is 181 g/mol. The number of hydrogen-bond acceptors (Lipinski definition) is 1. The summed E-state index contributed by atoms with van der Waals surface area (Å²) in [5.74, 6) is 0.938. The fraction of sp³-hybridized carbons (Fsp3) is 1.00. The molecule has 76 valence electrons. The largest absolute Gasteiger partial charge is 0.314 e. The molecular formula is C12H23N. The van der Waals surface area contributed by atoms with Gasteiger partial charge in [-0.2, -0.15) is 0 Å². The molecule has 2 fully saturated rings. The zero-order valence-electron chi connectivity index (χ0n) is 9.10. The van der Waals surface area contributed by atoms with Crippen LogP contribution in [0.25, 0.3) is 0 Å². The second-order valence-corrected chi connectivity index (χ2v) is 5.61. The molecule has 0 aromatic carbocycles. The maximum absolute atomic E-state index is 3.72. The predicted molar refractivity (Wildman–Crippen MR) is 56.8 cm³/mol. The van der Waals surface area contributed by atoms with Crippen LogP contribution in [-0.2, 0) is 0 Å². The van der Waals surface area contributed by atoms with Crippen LogP contribution in [0.1, 0.15) is 52.4 Å². The Kier molecular flexibility index (Phi) is 2.64. The van der Waals surface area contributed by atoms with Crippen molar-refractivity contribution in [3.63, 3.8) is 0 Å². The molecule has 1 nitrogen and oxygen atoms in total. The van der Waals surface area contributed by atoms with E-state index in [1.165, 1.54) is 45.1 Å². The van der Waals surface area contributed by atoms with E-state index in [2.05, 4.69) is 19.2 Å². The van der Waals surface area contributed by atoms with Gasteiger partial charge in [0.25, 0.3) is 0 Å². The Morgan fingerprint density at radius 2 is 1.92 bits per heavy atom. The van der Waals surface area contributed by atoms with E-state index in [9.17, 15) is 0 Å². The van der Waals surface area contributed by atoms with E-state index in [4.69, 9.17) is 0 Å². The van der Waals surface area contributed by atoms with E-state index in [1.54, 1.807) is 0 Å². The van der Waals surface area contributed by atoms with E-state index < -0.39 is 0 Å². The molecule has 0 radical (unpaired) electrons. The fourth-order valence-corrected chi connectivity index (χ4v) is 2.70. The third-order valence-electron chi connectivity index (χ3n) is 4.24. The first-order chi connectivity index (χ1) is 6.18. The molecule has 13 heavy (non-hydrogen) atoms. The first-order valence-corrected chi connectivity index (χ1v) is 5.92. The molecule has 0 spiro atoms. The molecule has 0 aromatic rings. The van der Waals surface area contributed by atoms with Crippen molar-refractivity contribution in [2.75, 3.05) is 6.54 Å². The van der Waals surface area contributed by atoms with Gasteiger partial charge >= 0.3 is 0 Å². The highest BCUT2D eigenvalue weighted by Gasteiger charge is 2.34. The highest BCUT2D eigenvalue weighted by molar-refractivity contribution is 4.87. The van der Waals surface area contributed by atoms with Crippen LogP contribution in [0.2, 0.25) is 0 Å². The fourth-order valence-electron chi connectivity index (χ4n) is 2.70. The van der Waals surface area contributed by atoms with Crippen molar-refractivity contribution >= 4 is 0 Å². The molecule has 0 aliphatic heterocycles. The lowest BCUT2D eigenvalue weighted by molar-refractivity contribution is 0.226. The summed E-state index contributed by atoms with van der Waals surface area (Å²) < 4.78 is 0. The highest BCUT2D eigenvalue weighted by atomic mass is 14.9. The SMILES string of the molecule is CC1(C)CCCC1CNC1CCC1. The Morgan fingerprint density at radius 3 is 2.38 bits per heavy atom. The van der Waals surface area contributed by atoms with Crippen molar-refractivity contribution in [1.82, 2.24) is 5.32 Å². The molecule has 1 N–H and O–H groups in total. The topological polar surface area (TPSA) is 12.0 Å². The molecule has 0 heterocycles. The Morgan fingerprint density at radius 1 is 1.15 bits per heavy atom. The van der Waals surface area contributed by atoms with Crippen LogP contribution < -0.4 is 5.32 Å². The summed E-state index contributed by atoms with van der Waals surface area (Å²) in [7, 11) is 0. The molecule has 2 saturated carbocycles. The molecule has 1 unspecified atom stereocenters. The summed E-state index contributed by atoms with van der Waals surface area (Å²) in [5.41, 5.74) is 0.608. The van der Waals surface area contributed by atoms with Gasteiger partial charge in [-0.05, 0) is 43.6 Å². The maximum Gasteiger partial charge on any atom is 0.00672 e. The van der Waals surface area contributed by atoms with E-state index in [1.807, 2.05) is 0 Å². The number of rotatable bonds is 3. The number of hydrogen-bond donors (Lipinski definition) is 1. The highest BCUT2D eigenvalue weighted by Crippen LogP contribution is 2.42. The van der Waals surface area contributed by atoms with Crippen molar-refractivity contribution in [2.24, 2.45) is 11.3 Å². The second-order valence-electron chi connectivity index (χ2n) is 5.61. The van der Waals surface area contributed by atoms with Gasteiger partial charge in [0.1, 0.15) is 0 Å². The molecule has 2 rings (SSSR count). The Hall–Kier alpha value is -0.0400. The molecule has 0 saturated heterocycles. The molecule has 2 aliphatic rings. The van der Waals surface area contributed by atoms with Gasteiger partial charge in [-0.1, -0.05) is 26.7 Å². The van der Waals surface area contributed by atoms with Gasteiger partial charge < -0.3 is 5.32 Å². The lowest BCUT2D eigenvalue weighted by Gasteiger charge is -2.32. The molecule has 0 aromatic heterocycles. The Bertz CT molecular complexity index is 170. The average molecular weight is 181 g/mol. The predicted octanol–water partition coefficient (Wildman–Crippen LogP) is 2.95. The van der Waals surface area contributed by atoms with Crippen molar-refractivity contribution in [3.8, 4) is 0 Å². The molecule has 1 atom stereocenters. The minimum atomic E-state index is 0.608. The van der Waals surface area contributed by atoms with Gasteiger partial charge in [0, 0.05) is 6.04 Å². The van der Waals surface area contributed by atoms with Crippen molar-refractivity contribution in [2.45, 2.75) is 58.4 Å². The van der Waals surface area contributed by atoms with Crippen molar-refractivity contribution in [3.05, 3.63) is 0 Å². The first kappa shape index (κ1) is 9.51. The van der Waals surface area contributed by atoms with Crippen LogP contribution in [0.15, 0.2) is 0 Å². The van der Waals surface area contributed by atoms with Gasteiger partial charge in [0.2, 0.25) is 0 Å². The lowest BCUT2D eigenvalue weighted by Crippen LogP contribution is -2.40. The molecule has 2 aliphatic carbocycles. The summed E-state index contributed by atoms with van der Waals surface area (Å²) in [6, 6.07) is 0.872. The molecular weight excluding hydrogens is 158 g/mol. The van der Waals surface area contributed by atoms with Gasteiger partial charge in [0.05, 0.1) is 0 Å². The Balaban J connectivity index is 1.73. The summed E-state index contributed by atoms with van der Waals surface area (Å²) >= 11 is 0. The number of nitrogens with one attached hydrogen (secondary N) is 1. The third-order valence-corrected chi connectivity index (χ3v) is 4.24. The zero-order chi connectivity index (χ0) is 9.31. The smallest absolute Gasteiger partial charge is 0.00672 e. The quantitative estimate of drug-likeness (QED) is 0.706. The summed E-state index contributed by atoms with van der Waals surface area (Å²) in [6.07, 6.45) is 8.63. The zero-order valence-corrected chi connectivity index (χ0v) is 9.10. The van der Waals surface area contributed by atoms with Crippen LogP contribution in [0.4, 0.5) is 0 Å². The second kappa shape index (κ2) is 3.61. The first-order valence-electron chi connectivity index (χ1n) is 5.92. The van der Waals surface area contributed by atoms with Gasteiger partial charge in [-0.3, -0.25) is 0 Å². The van der Waals surface area contributed by atoms with E-state index in [0.29, 0.717) is 5.41 Å². The van der Waals surface area contributed by atoms with Crippen LogP contribution >= 0.6 is 0 Å². The van der Waals surface area contributed by atoms with Crippen molar-refractivity contribution < 1.29 is 0 Å². The molecule has 1 heteroatoms. The lowest BCUT2D eigenvalue weighted by atomic mass is 9.81. The van der Waals surface area contributed by atoms with Crippen LogP contribution in [0, 0.1) is 11.3 Å². The minimum Gasteiger partial charge on any atom is -0.314 e. The minimum absolute atomic E-state index is 0.608. The average Bonchev–Trinajstić information content (AvgIpc) is 2.27. The summed E-state index contributed by atoms with van der Waals surface area (Å²) in [6.45, 7) is 6.15. The van der Waals surface area contributed by atoms with E-state index in [-0.39, 0.29) is 0 Å². The van der Waals surface area contributed by atoms with E-state index in [0.717, 1.165) is 12.0 Å².